The summed E-state index contributed by atoms with van der Waals surface area (Å²) in [5, 5.41) is 24.9. The number of carboxylic acid groups (broad SMARTS) is 1. The Bertz CT molecular complexity index is 1170. The third-order valence-corrected chi connectivity index (χ3v) is 5.61. The van der Waals surface area contributed by atoms with Crippen molar-refractivity contribution in [1.82, 2.24) is 4.98 Å². The number of nitroso groups, excluding NO2 is 1. The first-order valence-corrected chi connectivity index (χ1v) is 10.5. The summed E-state index contributed by atoms with van der Waals surface area (Å²) >= 11 is 0. The molecule has 1 fully saturated rings. The average Bonchev–Trinajstić information content (AvgIpc) is 3.62. The van der Waals surface area contributed by atoms with Crippen molar-refractivity contribution in [2.45, 2.75) is 43.7 Å². The van der Waals surface area contributed by atoms with Gasteiger partial charge in [-0.3, -0.25) is 4.98 Å². The maximum Gasteiger partial charge on any atom is 0.123 e. The van der Waals surface area contributed by atoms with Crippen LogP contribution in [0, 0.1) is 10.7 Å². The van der Waals surface area contributed by atoms with Crippen LogP contribution in [0.25, 0.3) is 28.1 Å². The minimum atomic E-state index is -1.39. The van der Waals surface area contributed by atoms with Gasteiger partial charge in [-0.15, -0.1) is 0 Å². The number of carbonyl (C=O) groups excluding carboxylic acids is 1. The number of hydrogen-bond acceptors (Lipinski definition) is 6. The maximum atomic E-state index is 13.6. The van der Waals surface area contributed by atoms with Crippen molar-refractivity contribution >= 4 is 22.9 Å². The molecule has 0 saturated heterocycles. The summed E-state index contributed by atoms with van der Waals surface area (Å²) in [4.78, 5) is 26.5. The minimum absolute atomic E-state index is 0.125. The normalized spacial score (nSPS) is 15.7. The van der Waals surface area contributed by atoms with Crippen LogP contribution in [0.2, 0.25) is 0 Å². The van der Waals surface area contributed by atoms with Gasteiger partial charge >= 0.3 is 0 Å². The molecule has 0 aliphatic heterocycles. The first-order valence-electron chi connectivity index (χ1n) is 10.5. The molecule has 7 heteroatoms. The summed E-state index contributed by atoms with van der Waals surface area (Å²) < 4.78 is 13.6. The molecule has 0 amide bonds. The fourth-order valence-corrected chi connectivity index (χ4v) is 3.93. The number of aliphatic carboxylic acids is 1. The maximum absolute atomic E-state index is 13.6. The van der Waals surface area contributed by atoms with E-state index >= 15 is 0 Å². The van der Waals surface area contributed by atoms with E-state index in [9.17, 15) is 24.3 Å². The number of aliphatic hydroxyl groups is 1. The summed E-state index contributed by atoms with van der Waals surface area (Å²) in [7, 11) is 0. The van der Waals surface area contributed by atoms with Crippen molar-refractivity contribution < 1.29 is 19.4 Å². The van der Waals surface area contributed by atoms with Crippen LogP contribution in [-0.2, 0) is 4.79 Å². The molecule has 4 rings (SSSR count). The Balaban J connectivity index is 1.78. The van der Waals surface area contributed by atoms with Crippen LogP contribution in [-0.4, -0.2) is 28.2 Å². The number of hydrogen-bond donors (Lipinski definition) is 1. The smallest absolute Gasteiger partial charge is 0.123 e. The van der Waals surface area contributed by atoms with Gasteiger partial charge in [-0.05, 0) is 36.6 Å². The fourth-order valence-electron chi connectivity index (χ4n) is 3.93. The molecule has 1 aliphatic rings. The van der Waals surface area contributed by atoms with Crippen LogP contribution in [0.3, 0.4) is 0 Å². The van der Waals surface area contributed by atoms with Crippen molar-refractivity contribution in [1.29, 1.82) is 0 Å². The average molecular weight is 433 g/mol. The number of aromatic nitrogens is 1. The number of para-hydroxylation sites is 1. The highest BCUT2D eigenvalue weighted by molar-refractivity contribution is 5.99. The highest BCUT2D eigenvalue weighted by atomic mass is 19.1. The molecule has 0 bridgehead atoms. The number of carboxylic acids is 1. The Morgan fingerprint density at radius 2 is 1.94 bits per heavy atom. The highest BCUT2D eigenvalue weighted by Crippen LogP contribution is 2.45. The van der Waals surface area contributed by atoms with Crippen LogP contribution in [0.15, 0.2) is 59.8 Å². The lowest BCUT2D eigenvalue weighted by Gasteiger charge is -2.16. The van der Waals surface area contributed by atoms with E-state index in [4.69, 9.17) is 4.98 Å². The number of rotatable bonds is 9. The van der Waals surface area contributed by atoms with Gasteiger partial charge in [0.15, 0.2) is 0 Å². The standard InChI is InChI=1S/C25H23FN2O4/c26-17-9-7-15(8-10-17)24-20-3-1-2-4-22(20)27-25(16-5-6-16)21(24)12-11-19(29)13-18(28-32)14-23(30)31/h1-4,7-12,16,18-19,29H,5-6,13-14H2,(H,30,31)/p-1/b12-11+/t18-,19-/m1/s1. The molecule has 1 heterocycles. The molecule has 1 aromatic heterocycles. The molecule has 2 atom stereocenters. The molecule has 6 nitrogen and oxygen atoms in total. The second-order valence-corrected chi connectivity index (χ2v) is 8.08. The SMILES string of the molecule is O=N[C@@H](CC(=O)[O-])C[C@H](O)/C=C/c1c(C2CC2)nc2ccccc2c1-c1ccc(F)cc1. The molecule has 32 heavy (non-hydrogen) atoms. The Morgan fingerprint density at radius 3 is 2.59 bits per heavy atom. The Morgan fingerprint density at radius 1 is 1.22 bits per heavy atom. The molecular formula is C25H22FN2O4-. The number of carbonyl (C=O) groups is 1. The first kappa shape index (κ1) is 21.8. The number of halogens is 1. The lowest BCUT2D eigenvalue weighted by atomic mass is 9.92. The Labute approximate surface area is 184 Å². The molecule has 1 aliphatic carbocycles. The van der Waals surface area contributed by atoms with E-state index in [0.717, 1.165) is 46.1 Å². The summed E-state index contributed by atoms with van der Waals surface area (Å²) in [6.45, 7) is 0. The van der Waals surface area contributed by atoms with Gasteiger partial charge in [-0.1, -0.05) is 47.7 Å². The van der Waals surface area contributed by atoms with E-state index in [1.165, 1.54) is 18.2 Å². The van der Waals surface area contributed by atoms with Gasteiger partial charge in [0.05, 0.1) is 23.4 Å². The Hall–Kier alpha value is -3.45. The van der Waals surface area contributed by atoms with Gasteiger partial charge < -0.3 is 15.0 Å². The van der Waals surface area contributed by atoms with E-state index in [1.54, 1.807) is 18.2 Å². The van der Waals surface area contributed by atoms with Crippen molar-refractivity contribution in [3.05, 3.63) is 76.6 Å². The largest absolute Gasteiger partial charge is 0.550 e. The van der Waals surface area contributed by atoms with E-state index in [-0.39, 0.29) is 12.2 Å². The van der Waals surface area contributed by atoms with Crippen LogP contribution < -0.4 is 5.11 Å². The molecule has 0 radical (unpaired) electrons. The van der Waals surface area contributed by atoms with Gasteiger partial charge in [-0.25, -0.2) is 4.39 Å². The van der Waals surface area contributed by atoms with Crippen molar-refractivity contribution in [3.63, 3.8) is 0 Å². The molecule has 0 unspecified atom stereocenters. The van der Waals surface area contributed by atoms with Crippen LogP contribution in [0.1, 0.15) is 42.9 Å². The zero-order chi connectivity index (χ0) is 22.7. The van der Waals surface area contributed by atoms with Gasteiger partial charge in [0.2, 0.25) is 0 Å². The molecule has 0 spiro atoms. The van der Waals surface area contributed by atoms with Crippen LogP contribution in [0.5, 0.6) is 0 Å². The summed E-state index contributed by atoms with van der Waals surface area (Å²) in [6, 6.07) is 12.9. The monoisotopic (exact) mass is 433 g/mol. The zero-order valence-corrected chi connectivity index (χ0v) is 17.3. The molecule has 3 aromatic rings. The molecule has 1 saturated carbocycles. The summed E-state index contributed by atoms with van der Waals surface area (Å²) in [6.07, 6.45) is 3.58. The second kappa shape index (κ2) is 9.36. The number of pyridine rings is 1. The third-order valence-electron chi connectivity index (χ3n) is 5.61. The van der Waals surface area contributed by atoms with E-state index in [0.29, 0.717) is 5.92 Å². The predicted octanol–water partition coefficient (Wildman–Crippen LogP) is 3.96. The fraction of sp³-hybridized carbons (Fsp3) is 0.280. The quantitative estimate of drug-likeness (QED) is 0.515. The number of nitrogens with zero attached hydrogens (tertiary/aromatic N) is 2. The molecule has 2 aromatic carbocycles. The van der Waals surface area contributed by atoms with E-state index < -0.39 is 24.5 Å². The number of fused-ring (bicyclic) bond motifs is 1. The lowest BCUT2D eigenvalue weighted by molar-refractivity contribution is -0.306. The number of aliphatic hydroxyl groups excluding tert-OH is 1. The van der Waals surface area contributed by atoms with E-state index in [2.05, 4.69) is 5.18 Å². The van der Waals surface area contributed by atoms with Crippen molar-refractivity contribution in [2.24, 2.45) is 5.18 Å². The predicted molar refractivity (Wildman–Crippen MR) is 118 cm³/mol. The van der Waals surface area contributed by atoms with Gasteiger partial charge in [0.25, 0.3) is 0 Å². The Kier molecular flexibility index (Phi) is 6.37. The number of benzene rings is 2. The molecule has 1 N–H and O–H groups in total. The van der Waals surface area contributed by atoms with Gasteiger partial charge in [0, 0.05) is 41.2 Å². The van der Waals surface area contributed by atoms with Crippen molar-refractivity contribution in [3.8, 4) is 11.1 Å². The lowest BCUT2D eigenvalue weighted by Crippen LogP contribution is -2.28. The first-order chi connectivity index (χ1) is 15.5. The minimum Gasteiger partial charge on any atom is -0.550 e. The van der Waals surface area contributed by atoms with E-state index in [1.807, 2.05) is 24.3 Å². The van der Waals surface area contributed by atoms with Gasteiger partial charge in [-0.2, -0.15) is 4.91 Å². The zero-order valence-electron chi connectivity index (χ0n) is 17.3. The van der Waals surface area contributed by atoms with Crippen LogP contribution in [0.4, 0.5) is 4.39 Å². The topological polar surface area (TPSA) is 103 Å². The third kappa shape index (κ3) is 4.89. The van der Waals surface area contributed by atoms with Crippen LogP contribution >= 0.6 is 0 Å². The summed E-state index contributed by atoms with van der Waals surface area (Å²) in [5.74, 6) is -1.42. The second-order valence-electron chi connectivity index (χ2n) is 8.08. The highest BCUT2D eigenvalue weighted by Gasteiger charge is 2.29. The van der Waals surface area contributed by atoms with Crippen molar-refractivity contribution in [2.75, 3.05) is 0 Å². The molecular weight excluding hydrogens is 411 g/mol. The summed E-state index contributed by atoms with van der Waals surface area (Å²) in [5.41, 5.74) is 4.29. The molecule has 164 valence electrons. The van der Waals surface area contributed by atoms with Gasteiger partial charge in [0.1, 0.15) is 5.82 Å².